The molecule has 3 rings (SSSR count). The van der Waals surface area contributed by atoms with Crippen LogP contribution in [-0.2, 0) is 25.6 Å². The van der Waals surface area contributed by atoms with Crippen molar-refractivity contribution in [1.82, 2.24) is 9.80 Å². The van der Waals surface area contributed by atoms with Gasteiger partial charge < -0.3 is 19.7 Å². The molecule has 2 saturated heterocycles. The Morgan fingerprint density at radius 2 is 1.61 bits per heavy atom. The molecule has 2 aliphatic rings. The van der Waals surface area contributed by atoms with E-state index in [-0.39, 0.29) is 11.2 Å². The summed E-state index contributed by atoms with van der Waals surface area (Å²) in [5.41, 5.74) is 1.24. The van der Waals surface area contributed by atoms with Crippen LogP contribution in [0.25, 0.3) is 0 Å². The number of alkyl halides is 6. The van der Waals surface area contributed by atoms with Crippen molar-refractivity contribution in [2.75, 3.05) is 59.7 Å². The third-order valence-corrected chi connectivity index (χ3v) is 5.65. The molecule has 1 aromatic rings. The fraction of sp³-hybridized carbons (Fsp3) is 0.652. The molecule has 2 aliphatic heterocycles. The van der Waals surface area contributed by atoms with Crippen LogP contribution in [0.3, 0.4) is 0 Å². The summed E-state index contributed by atoms with van der Waals surface area (Å²) in [4.78, 5) is 22.7. The zero-order chi connectivity index (χ0) is 29.0. The van der Waals surface area contributed by atoms with Gasteiger partial charge in [-0.05, 0) is 37.1 Å². The van der Waals surface area contributed by atoms with Crippen molar-refractivity contribution in [3.8, 4) is 0 Å². The number of benzene rings is 1. The van der Waals surface area contributed by atoms with E-state index >= 15 is 0 Å². The normalized spacial score (nSPS) is 20.9. The summed E-state index contributed by atoms with van der Waals surface area (Å²) in [5, 5.41) is 14.2. The lowest BCUT2D eigenvalue weighted by atomic mass is 9.80. The Balaban J connectivity index is 0.000000426. The van der Waals surface area contributed by atoms with Crippen molar-refractivity contribution < 1.29 is 60.0 Å². The number of nitrogens with zero attached hydrogens (tertiary/aromatic N) is 2. The van der Waals surface area contributed by atoms with Crippen LogP contribution in [0.15, 0.2) is 24.3 Å². The van der Waals surface area contributed by atoms with E-state index in [9.17, 15) is 30.7 Å². The van der Waals surface area contributed by atoms with Gasteiger partial charge in [-0.3, -0.25) is 9.80 Å². The molecule has 1 atom stereocenters. The lowest BCUT2D eigenvalue weighted by molar-refractivity contribution is -0.193. The zero-order valence-corrected chi connectivity index (χ0v) is 20.7. The molecule has 0 bridgehead atoms. The van der Waals surface area contributed by atoms with E-state index in [1.54, 1.807) is 19.2 Å². The van der Waals surface area contributed by atoms with Crippen LogP contribution in [-0.4, -0.2) is 104 Å². The zero-order valence-electron chi connectivity index (χ0n) is 20.7. The minimum absolute atomic E-state index is 0.150. The summed E-state index contributed by atoms with van der Waals surface area (Å²) in [6.45, 7) is 8.33. The van der Waals surface area contributed by atoms with Gasteiger partial charge in [-0.15, -0.1) is 0 Å². The van der Waals surface area contributed by atoms with Crippen LogP contribution in [0.1, 0.15) is 18.4 Å². The van der Waals surface area contributed by atoms with Crippen molar-refractivity contribution in [3.05, 3.63) is 35.6 Å². The molecule has 1 unspecified atom stereocenters. The standard InChI is InChI=1S/C19H29FN2O2.2C2HF3O2/c1-23-10-8-21-9-11-24-16-19(14-21)6-3-7-22(15-19)13-17-4-2-5-18(20)12-17;2*3-2(4,5)1(6)7/h2,4-5,12H,3,6-11,13-16H2,1H3;2*(H,6,7). The number of carboxylic acid groups (broad SMARTS) is 2. The number of hydrogen-bond acceptors (Lipinski definition) is 6. The second-order valence-corrected chi connectivity index (χ2v) is 8.87. The van der Waals surface area contributed by atoms with Crippen LogP contribution in [0.5, 0.6) is 0 Å². The molecule has 0 saturated carbocycles. The molecule has 1 aromatic carbocycles. The number of aliphatic carboxylic acids is 2. The third kappa shape index (κ3) is 12.8. The second-order valence-electron chi connectivity index (χ2n) is 8.87. The van der Waals surface area contributed by atoms with Crippen molar-refractivity contribution in [1.29, 1.82) is 0 Å². The number of hydrogen-bond donors (Lipinski definition) is 2. The van der Waals surface area contributed by atoms with Crippen molar-refractivity contribution >= 4 is 11.9 Å². The molecule has 38 heavy (non-hydrogen) atoms. The smallest absolute Gasteiger partial charge is 0.475 e. The van der Waals surface area contributed by atoms with Gasteiger partial charge in [-0.2, -0.15) is 26.3 Å². The number of carbonyl (C=O) groups is 2. The molecular formula is C23H31F7N2O6. The average Bonchev–Trinajstić information content (AvgIpc) is 2.99. The van der Waals surface area contributed by atoms with Gasteiger partial charge in [-0.1, -0.05) is 12.1 Å². The summed E-state index contributed by atoms with van der Waals surface area (Å²) in [7, 11) is 1.76. The monoisotopic (exact) mass is 564 g/mol. The Morgan fingerprint density at radius 1 is 1.03 bits per heavy atom. The topological polar surface area (TPSA) is 99.5 Å². The van der Waals surface area contributed by atoms with Crippen LogP contribution in [0, 0.1) is 11.2 Å². The van der Waals surface area contributed by atoms with Crippen LogP contribution in [0.4, 0.5) is 30.7 Å². The van der Waals surface area contributed by atoms with Gasteiger partial charge in [0.2, 0.25) is 0 Å². The third-order valence-electron chi connectivity index (χ3n) is 5.65. The number of rotatable bonds is 5. The van der Waals surface area contributed by atoms with Gasteiger partial charge in [0, 0.05) is 45.2 Å². The summed E-state index contributed by atoms with van der Waals surface area (Å²) >= 11 is 0. The quantitative estimate of drug-likeness (QED) is 0.523. The van der Waals surface area contributed by atoms with E-state index in [1.165, 1.54) is 18.9 Å². The van der Waals surface area contributed by atoms with Crippen molar-refractivity contribution in [3.63, 3.8) is 0 Å². The first kappa shape index (κ1) is 33.5. The number of piperidine rings is 1. The van der Waals surface area contributed by atoms with Crippen molar-refractivity contribution in [2.24, 2.45) is 5.41 Å². The average molecular weight is 564 g/mol. The number of likely N-dealkylation sites (tertiary alicyclic amines) is 1. The molecule has 0 radical (unpaired) electrons. The Hall–Kier alpha value is -2.49. The molecule has 2 fully saturated rings. The number of ether oxygens (including phenoxy) is 2. The van der Waals surface area contributed by atoms with Crippen LogP contribution >= 0.6 is 0 Å². The molecule has 1 spiro atoms. The van der Waals surface area contributed by atoms with E-state index in [0.29, 0.717) is 0 Å². The van der Waals surface area contributed by atoms with E-state index in [4.69, 9.17) is 29.3 Å². The van der Waals surface area contributed by atoms with Crippen molar-refractivity contribution in [2.45, 2.75) is 31.7 Å². The molecule has 0 amide bonds. The Bertz CT molecular complexity index is 861. The Kier molecular flexibility index (Phi) is 13.4. The molecule has 218 valence electrons. The van der Waals surface area contributed by atoms with Crippen LogP contribution < -0.4 is 0 Å². The SMILES string of the molecule is COCCN1CCOCC2(CCCN(Cc3cccc(F)c3)C2)C1.O=C(O)C(F)(F)F.O=C(O)C(F)(F)F. The lowest BCUT2D eigenvalue weighted by Gasteiger charge is -2.43. The highest BCUT2D eigenvalue weighted by molar-refractivity contribution is 5.73. The molecule has 0 aromatic heterocycles. The largest absolute Gasteiger partial charge is 0.490 e. The van der Waals surface area contributed by atoms with E-state index in [2.05, 4.69) is 9.80 Å². The second kappa shape index (κ2) is 15.2. The highest BCUT2D eigenvalue weighted by Gasteiger charge is 2.40. The molecule has 8 nitrogen and oxygen atoms in total. The van der Waals surface area contributed by atoms with Crippen LogP contribution in [0.2, 0.25) is 0 Å². The summed E-state index contributed by atoms with van der Waals surface area (Å²) in [5.74, 6) is -5.66. The molecular weight excluding hydrogens is 533 g/mol. The highest BCUT2D eigenvalue weighted by atomic mass is 19.4. The number of halogens is 7. The van der Waals surface area contributed by atoms with Gasteiger partial charge in [0.1, 0.15) is 5.82 Å². The number of methoxy groups -OCH3 is 1. The maximum atomic E-state index is 13.4. The maximum absolute atomic E-state index is 13.4. The van der Waals surface area contributed by atoms with E-state index < -0.39 is 24.3 Å². The number of carboxylic acids is 2. The van der Waals surface area contributed by atoms with E-state index in [1.807, 2.05) is 6.07 Å². The lowest BCUT2D eigenvalue weighted by Crippen LogP contribution is -2.50. The summed E-state index contributed by atoms with van der Waals surface area (Å²) < 4.78 is 88.1. The van der Waals surface area contributed by atoms with Gasteiger partial charge in [0.05, 0.1) is 19.8 Å². The molecule has 0 aliphatic carbocycles. The molecule has 15 heteroatoms. The van der Waals surface area contributed by atoms with Gasteiger partial charge >= 0.3 is 24.3 Å². The minimum Gasteiger partial charge on any atom is -0.475 e. The fourth-order valence-corrected chi connectivity index (χ4v) is 4.08. The predicted molar refractivity (Wildman–Crippen MR) is 120 cm³/mol. The Morgan fingerprint density at radius 3 is 2.13 bits per heavy atom. The highest BCUT2D eigenvalue weighted by Crippen LogP contribution is 2.33. The minimum atomic E-state index is -5.08. The molecule has 2 N–H and O–H groups in total. The summed E-state index contributed by atoms with van der Waals surface area (Å²) in [6.07, 6.45) is -7.78. The van der Waals surface area contributed by atoms with Gasteiger partial charge in [0.15, 0.2) is 0 Å². The maximum Gasteiger partial charge on any atom is 0.490 e. The molecule has 2 heterocycles. The van der Waals surface area contributed by atoms with Gasteiger partial charge in [0.25, 0.3) is 0 Å². The summed E-state index contributed by atoms with van der Waals surface area (Å²) in [6, 6.07) is 6.97. The predicted octanol–water partition coefficient (Wildman–Crippen LogP) is 3.65. The Labute approximate surface area is 214 Å². The van der Waals surface area contributed by atoms with E-state index in [0.717, 1.165) is 64.7 Å². The first-order valence-electron chi connectivity index (χ1n) is 11.4. The van der Waals surface area contributed by atoms with Gasteiger partial charge in [-0.25, -0.2) is 14.0 Å². The first-order valence-corrected chi connectivity index (χ1v) is 11.4. The first-order chi connectivity index (χ1) is 17.6. The fourth-order valence-electron chi connectivity index (χ4n) is 4.08.